The van der Waals surface area contributed by atoms with E-state index in [-0.39, 0.29) is 11.7 Å². The van der Waals surface area contributed by atoms with Crippen molar-refractivity contribution in [2.75, 3.05) is 0 Å². The second-order valence-corrected chi connectivity index (χ2v) is 9.46. The molecule has 0 fully saturated rings. The van der Waals surface area contributed by atoms with Crippen LogP contribution in [0.25, 0.3) is 27.8 Å². The third-order valence-electron chi connectivity index (χ3n) is 6.56. The van der Waals surface area contributed by atoms with E-state index in [9.17, 15) is 9.18 Å². The predicted molar refractivity (Wildman–Crippen MR) is 138 cm³/mol. The second-order valence-electron chi connectivity index (χ2n) is 9.46. The summed E-state index contributed by atoms with van der Waals surface area (Å²) in [6, 6.07) is 19.5. The molecule has 1 amide bonds. The van der Waals surface area contributed by atoms with Gasteiger partial charge in [0.1, 0.15) is 11.6 Å². The van der Waals surface area contributed by atoms with Crippen molar-refractivity contribution in [3.8, 4) is 11.1 Å². The van der Waals surface area contributed by atoms with Crippen molar-refractivity contribution in [2.45, 2.75) is 39.2 Å². The molecule has 0 bridgehead atoms. The van der Waals surface area contributed by atoms with Gasteiger partial charge in [0, 0.05) is 34.7 Å². The molecule has 4 aromatic rings. The number of aryl methyl sites for hydroxylation is 1. The molecular formula is C30H27FN2O2. The lowest BCUT2D eigenvalue weighted by atomic mass is 9.93. The minimum Gasteiger partial charge on any atom is -0.438 e. The number of carbonyl (C=O) groups excluding carboxylic acids is 1. The van der Waals surface area contributed by atoms with Gasteiger partial charge in [-0.1, -0.05) is 48.5 Å². The Hall–Kier alpha value is -3.99. The summed E-state index contributed by atoms with van der Waals surface area (Å²) < 4.78 is 19.5. The molecule has 5 rings (SSSR count). The standard InChI is InChI=1S/C30H27FN2O2/c1-19-26-17-23(18-32-29(26)35-27(19)20-12-14-25(31)15-13-20)21-8-7-9-22(16-21)28(34)33-30(2,3)24-10-5-4-6-11-24/h4-12,14,16-18H,13,15H2,1-3H3,(H,33,34). The minimum atomic E-state index is -0.509. The number of benzene rings is 2. The monoisotopic (exact) mass is 466 g/mol. The number of fused-ring (bicyclic) bond motifs is 1. The van der Waals surface area contributed by atoms with E-state index < -0.39 is 5.54 Å². The molecule has 2 aromatic heterocycles. The molecule has 2 aromatic carbocycles. The van der Waals surface area contributed by atoms with Crippen LogP contribution in [-0.4, -0.2) is 10.9 Å². The van der Waals surface area contributed by atoms with Crippen LogP contribution in [0.5, 0.6) is 0 Å². The highest BCUT2D eigenvalue weighted by molar-refractivity contribution is 5.96. The lowest BCUT2D eigenvalue weighted by Gasteiger charge is -2.27. The molecule has 0 unspecified atom stereocenters. The molecule has 1 aliphatic carbocycles. The number of nitrogens with one attached hydrogen (secondary N) is 1. The first-order valence-corrected chi connectivity index (χ1v) is 11.7. The molecule has 1 N–H and O–H groups in total. The van der Waals surface area contributed by atoms with Crippen molar-refractivity contribution in [1.82, 2.24) is 10.3 Å². The Labute approximate surface area is 204 Å². The van der Waals surface area contributed by atoms with Crippen LogP contribution in [0.2, 0.25) is 0 Å². The molecule has 0 atom stereocenters. The van der Waals surface area contributed by atoms with E-state index in [0.717, 1.165) is 39.0 Å². The van der Waals surface area contributed by atoms with Crippen LogP contribution in [0.1, 0.15) is 53.9 Å². The van der Waals surface area contributed by atoms with E-state index >= 15 is 0 Å². The van der Waals surface area contributed by atoms with Gasteiger partial charge in [0.2, 0.25) is 5.71 Å². The average molecular weight is 467 g/mol. The number of furan rings is 1. The molecule has 35 heavy (non-hydrogen) atoms. The van der Waals surface area contributed by atoms with Gasteiger partial charge in [-0.3, -0.25) is 4.79 Å². The summed E-state index contributed by atoms with van der Waals surface area (Å²) in [6.07, 6.45) is 6.03. The van der Waals surface area contributed by atoms with Gasteiger partial charge in [0.05, 0.1) is 5.54 Å². The van der Waals surface area contributed by atoms with Gasteiger partial charge in [-0.15, -0.1) is 0 Å². The number of amides is 1. The summed E-state index contributed by atoms with van der Waals surface area (Å²) in [5, 5.41) is 4.05. The Kier molecular flexibility index (Phi) is 5.85. The van der Waals surface area contributed by atoms with Crippen molar-refractivity contribution in [1.29, 1.82) is 0 Å². The number of halogens is 1. The number of allylic oxidation sites excluding steroid dienone is 4. The van der Waals surface area contributed by atoms with Gasteiger partial charge >= 0.3 is 0 Å². The lowest BCUT2D eigenvalue weighted by molar-refractivity contribution is 0.0912. The number of pyridine rings is 1. The van der Waals surface area contributed by atoms with Gasteiger partial charge in [0.25, 0.3) is 5.91 Å². The molecular weight excluding hydrogens is 439 g/mol. The zero-order valence-corrected chi connectivity index (χ0v) is 20.1. The predicted octanol–water partition coefficient (Wildman–Crippen LogP) is 7.50. The van der Waals surface area contributed by atoms with Crippen molar-refractivity contribution in [2.24, 2.45) is 0 Å². The summed E-state index contributed by atoms with van der Waals surface area (Å²) in [5.74, 6) is 0.504. The third-order valence-corrected chi connectivity index (χ3v) is 6.56. The van der Waals surface area contributed by atoms with Crippen LogP contribution in [0.3, 0.4) is 0 Å². The third kappa shape index (κ3) is 4.54. The highest BCUT2D eigenvalue weighted by Gasteiger charge is 2.23. The Morgan fingerprint density at radius 2 is 1.80 bits per heavy atom. The normalized spacial score (nSPS) is 13.9. The molecule has 5 heteroatoms. The van der Waals surface area contributed by atoms with Gasteiger partial charge in [-0.2, -0.15) is 0 Å². The zero-order chi connectivity index (χ0) is 24.6. The number of hydrogen-bond acceptors (Lipinski definition) is 3. The Morgan fingerprint density at radius 1 is 1.00 bits per heavy atom. The number of hydrogen-bond donors (Lipinski definition) is 1. The fourth-order valence-corrected chi connectivity index (χ4v) is 4.49. The van der Waals surface area contributed by atoms with Crippen LogP contribution in [0, 0.1) is 6.92 Å². The van der Waals surface area contributed by atoms with Crippen LogP contribution < -0.4 is 5.32 Å². The first kappa shape index (κ1) is 22.8. The number of aromatic nitrogens is 1. The molecule has 1 aliphatic rings. The molecule has 0 spiro atoms. The van der Waals surface area contributed by atoms with E-state index in [4.69, 9.17) is 4.42 Å². The topological polar surface area (TPSA) is 55.1 Å². The van der Waals surface area contributed by atoms with E-state index in [0.29, 0.717) is 24.1 Å². The molecule has 176 valence electrons. The highest BCUT2D eigenvalue weighted by atomic mass is 19.1. The number of carbonyl (C=O) groups is 1. The average Bonchev–Trinajstić information content (AvgIpc) is 3.20. The van der Waals surface area contributed by atoms with Crippen molar-refractivity contribution in [3.05, 3.63) is 107 Å². The molecule has 2 heterocycles. The Balaban J connectivity index is 1.44. The zero-order valence-electron chi connectivity index (χ0n) is 20.1. The van der Waals surface area contributed by atoms with Crippen LogP contribution in [-0.2, 0) is 5.54 Å². The minimum absolute atomic E-state index is 0.112. The fourth-order valence-electron chi connectivity index (χ4n) is 4.49. The van der Waals surface area contributed by atoms with Crippen molar-refractivity contribution >= 4 is 22.6 Å². The van der Waals surface area contributed by atoms with E-state index in [1.165, 1.54) is 6.08 Å². The molecule has 0 saturated heterocycles. The van der Waals surface area contributed by atoms with Crippen molar-refractivity contribution < 1.29 is 13.6 Å². The SMILES string of the molecule is Cc1c(C2=CC=C(F)CC2)oc2ncc(-c3cccc(C(=O)NC(C)(C)c4ccccc4)c3)cc12. The molecule has 0 saturated carbocycles. The second kappa shape index (κ2) is 8.99. The Bertz CT molecular complexity index is 1480. The van der Waals surface area contributed by atoms with Gasteiger partial charge in [-0.05, 0) is 68.2 Å². The smallest absolute Gasteiger partial charge is 0.251 e. The fraction of sp³-hybridized carbons (Fsp3) is 0.200. The van der Waals surface area contributed by atoms with Crippen LogP contribution >= 0.6 is 0 Å². The van der Waals surface area contributed by atoms with Gasteiger partial charge in [-0.25, -0.2) is 9.37 Å². The first-order chi connectivity index (χ1) is 16.8. The quantitative estimate of drug-likeness (QED) is 0.331. The summed E-state index contributed by atoms with van der Waals surface area (Å²) in [6.45, 7) is 5.98. The number of nitrogens with zero attached hydrogens (tertiary/aromatic N) is 1. The highest BCUT2D eigenvalue weighted by Crippen LogP contribution is 2.36. The maximum atomic E-state index is 13.4. The van der Waals surface area contributed by atoms with E-state index in [1.54, 1.807) is 12.3 Å². The maximum Gasteiger partial charge on any atom is 0.251 e. The summed E-state index contributed by atoms with van der Waals surface area (Å²) >= 11 is 0. The van der Waals surface area contributed by atoms with Gasteiger partial charge in [0.15, 0.2) is 0 Å². The summed E-state index contributed by atoms with van der Waals surface area (Å²) in [7, 11) is 0. The van der Waals surface area contributed by atoms with E-state index in [1.807, 2.05) is 81.4 Å². The lowest BCUT2D eigenvalue weighted by Crippen LogP contribution is -2.40. The van der Waals surface area contributed by atoms with Crippen LogP contribution in [0.4, 0.5) is 4.39 Å². The van der Waals surface area contributed by atoms with Crippen LogP contribution in [0.15, 0.2) is 89.3 Å². The first-order valence-electron chi connectivity index (χ1n) is 11.7. The van der Waals surface area contributed by atoms with E-state index in [2.05, 4.69) is 10.3 Å². The Morgan fingerprint density at radius 3 is 2.54 bits per heavy atom. The summed E-state index contributed by atoms with van der Waals surface area (Å²) in [4.78, 5) is 17.6. The number of rotatable bonds is 5. The molecule has 0 radical (unpaired) electrons. The van der Waals surface area contributed by atoms with Crippen molar-refractivity contribution in [3.63, 3.8) is 0 Å². The maximum absolute atomic E-state index is 13.4. The largest absolute Gasteiger partial charge is 0.438 e. The summed E-state index contributed by atoms with van der Waals surface area (Å²) in [5.41, 5.74) is 5.41. The van der Waals surface area contributed by atoms with Gasteiger partial charge < -0.3 is 9.73 Å². The molecule has 4 nitrogen and oxygen atoms in total. The molecule has 0 aliphatic heterocycles.